The van der Waals surface area contributed by atoms with Crippen LogP contribution in [0.25, 0.3) is 0 Å². The predicted octanol–water partition coefficient (Wildman–Crippen LogP) is 1.64. The van der Waals surface area contributed by atoms with Crippen molar-refractivity contribution < 1.29 is 4.79 Å². The summed E-state index contributed by atoms with van der Waals surface area (Å²) >= 11 is 0. The van der Waals surface area contributed by atoms with E-state index in [4.69, 9.17) is 5.26 Å². The molecule has 0 saturated carbocycles. The Morgan fingerprint density at radius 3 is 2.86 bits per heavy atom. The minimum Gasteiger partial charge on any atom is -0.325 e. The van der Waals surface area contributed by atoms with Gasteiger partial charge in [0.15, 0.2) is 0 Å². The first-order chi connectivity index (χ1) is 6.74. The van der Waals surface area contributed by atoms with E-state index in [2.05, 4.69) is 10.6 Å². The van der Waals surface area contributed by atoms with Gasteiger partial charge in [0.25, 0.3) is 0 Å². The molecular weight excluding hydrogens is 178 g/mol. The smallest absolute Gasteiger partial charge is 0.320 e. The molecule has 0 atom stereocenters. The van der Waals surface area contributed by atoms with Gasteiger partial charge in [-0.05, 0) is 18.6 Å². The third-order valence-corrected chi connectivity index (χ3v) is 1.72. The van der Waals surface area contributed by atoms with Crippen LogP contribution < -0.4 is 10.6 Å². The van der Waals surface area contributed by atoms with E-state index < -0.39 is 0 Å². The molecule has 14 heavy (non-hydrogen) atoms. The Balaban J connectivity index is 2.57. The number of urea groups is 1. The standard InChI is InChI=1S/C10H11N3O/c1-8-4-2-3-5-9(8)13-10(14)12-7-6-11/h2-5H,7H2,1H3,(H2,12,13,14). The average molecular weight is 189 g/mol. The van der Waals surface area contributed by atoms with Crippen molar-refractivity contribution in [1.29, 1.82) is 5.26 Å². The van der Waals surface area contributed by atoms with E-state index in [-0.39, 0.29) is 12.6 Å². The fourth-order valence-electron chi connectivity index (χ4n) is 0.999. The van der Waals surface area contributed by atoms with Gasteiger partial charge in [-0.1, -0.05) is 18.2 Å². The number of para-hydroxylation sites is 1. The van der Waals surface area contributed by atoms with Crippen molar-refractivity contribution in [3.8, 4) is 6.07 Å². The SMILES string of the molecule is Cc1ccccc1NC(=O)NCC#N. The molecule has 1 aromatic rings. The number of nitrogens with one attached hydrogen (secondary N) is 2. The molecule has 0 aliphatic rings. The summed E-state index contributed by atoms with van der Waals surface area (Å²) in [6.45, 7) is 1.91. The number of aryl methyl sites for hydroxylation is 1. The van der Waals surface area contributed by atoms with Gasteiger partial charge in [0, 0.05) is 5.69 Å². The quantitative estimate of drug-likeness (QED) is 0.694. The first-order valence-electron chi connectivity index (χ1n) is 4.21. The number of rotatable bonds is 2. The Hall–Kier alpha value is -2.02. The monoisotopic (exact) mass is 189 g/mol. The highest BCUT2D eigenvalue weighted by atomic mass is 16.2. The second-order valence-corrected chi connectivity index (χ2v) is 2.78. The van der Waals surface area contributed by atoms with Gasteiger partial charge in [0.1, 0.15) is 6.54 Å². The number of nitrogens with zero attached hydrogens (tertiary/aromatic N) is 1. The summed E-state index contributed by atoms with van der Waals surface area (Å²) in [5.41, 5.74) is 1.74. The molecule has 0 aromatic heterocycles. The second-order valence-electron chi connectivity index (χ2n) is 2.78. The van der Waals surface area contributed by atoms with Crippen molar-refractivity contribution in [1.82, 2.24) is 5.32 Å². The van der Waals surface area contributed by atoms with Crippen LogP contribution in [0.4, 0.5) is 10.5 Å². The van der Waals surface area contributed by atoms with Gasteiger partial charge < -0.3 is 10.6 Å². The number of hydrogen-bond acceptors (Lipinski definition) is 2. The number of benzene rings is 1. The molecule has 0 radical (unpaired) electrons. The predicted molar refractivity (Wildman–Crippen MR) is 53.8 cm³/mol. The highest BCUT2D eigenvalue weighted by Gasteiger charge is 2.01. The first-order valence-corrected chi connectivity index (χ1v) is 4.21. The maximum absolute atomic E-state index is 11.2. The summed E-state index contributed by atoms with van der Waals surface area (Å²) < 4.78 is 0. The number of carbonyl (C=O) groups excluding carboxylic acids is 1. The van der Waals surface area contributed by atoms with Gasteiger partial charge in [0.2, 0.25) is 0 Å². The van der Waals surface area contributed by atoms with Crippen molar-refractivity contribution in [3.05, 3.63) is 29.8 Å². The van der Waals surface area contributed by atoms with Crippen molar-refractivity contribution in [2.24, 2.45) is 0 Å². The molecular formula is C10H11N3O. The summed E-state index contributed by atoms with van der Waals surface area (Å²) in [4.78, 5) is 11.2. The lowest BCUT2D eigenvalue weighted by Gasteiger charge is -2.07. The molecule has 0 unspecified atom stereocenters. The van der Waals surface area contributed by atoms with E-state index in [0.717, 1.165) is 11.3 Å². The molecule has 0 fully saturated rings. The lowest BCUT2D eigenvalue weighted by molar-refractivity contribution is 0.253. The number of anilines is 1. The number of nitriles is 1. The van der Waals surface area contributed by atoms with Gasteiger partial charge in [-0.25, -0.2) is 4.79 Å². The molecule has 0 aliphatic heterocycles. The molecule has 0 bridgehead atoms. The highest BCUT2D eigenvalue weighted by molar-refractivity contribution is 5.90. The molecule has 0 aliphatic carbocycles. The number of hydrogen-bond donors (Lipinski definition) is 2. The van der Waals surface area contributed by atoms with Crippen LogP contribution in [-0.4, -0.2) is 12.6 Å². The maximum Gasteiger partial charge on any atom is 0.320 e. The van der Waals surface area contributed by atoms with E-state index in [1.807, 2.05) is 31.2 Å². The van der Waals surface area contributed by atoms with Crippen LogP contribution in [0.15, 0.2) is 24.3 Å². The zero-order valence-electron chi connectivity index (χ0n) is 7.87. The van der Waals surface area contributed by atoms with Crippen LogP contribution in [0.2, 0.25) is 0 Å². The Bertz CT molecular complexity index is 368. The minimum absolute atomic E-state index is 0.0116. The molecule has 2 amide bonds. The maximum atomic E-state index is 11.2. The molecule has 1 aromatic carbocycles. The highest BCUT2D eigenvalue weighted by Crippen LogP contribution is 2.12. The topological polar surface area (TPSA) is 64.9 Å². The van der Waals surface area contributed by atoms with Gasteiger partial charge in [-0.2, -0.15) is 5.26 Å². The zero-order chi connectivity index (χ0) is 10.4. The molecule has 1 rings (SSSR count). The Kier molecular flexibility index (Phi) is 3.50. The van der Waals surface area contributed by atoms with Gasteiger partial charge >= 0.3 is 6.03 Å². The Labute approximate surface area is 82.5 Å². The largest absolute Gasteiger partial charge is 0.325 e. The van der Waals surface area contributed by atoms with Crippen LogP contribution in [0, 0.1) is 18.3 Å². The van der Waals surface area contributed by atoms with E-state index in [1.165, 1.54) is 0 Å². The van der Waals surface area contributed by atoms with Crippen LogP contribution in [0.1, 0.15) is 5.56 Å². The normalized spacial score (nSPS) is 8.86. The van der Waals surface area contributed by atoms with Crippen LogP contribution in [0.5, 0.6) is 0 Å². The lowest BCUT2D eigenvalue weighted by Crippen LogP contribution is -2.29. The van der Waals surface area contributed by atoms with Crippen LogP contribution in [0.3, 0.4) is 0 Å². The van der Waals surface area contributed by atoms with E-state index >= 15 is 0 Å². The number of amides is 2. The van der Waals surface area contributed by atoms with Gasteiger partial charge in [-0.15, -0.1) is 0 Å². The molecule has 0 heterocycles. The third-order valence-electron chi connectivity index (χ3n) is 1.72. The van der Waals surface area contributed by atoms with Crippen LogP contribution >= 0.6 is 0 Å². The molecule has 2 N–H and O–H groups in total. The fourth-order valence-corrected chi connectivity index (χ4v) is 0.999. The zero-order valence-corrected chi connectivity index (χ0v) is 7.87. The molecule has 0 saturated heterocycles. The van der Waals surface area contributed by atoms with E-state index in [1.54, 1.807) is 6.07 Å². The van der Waals surface area contributed by atoms with Gasteiger partial charge in [0.05, 0.1) is 6.07 Å². The molecule has 72 valence electrons. The number of carbonyl (C=O) groups is 1. The van der Waals surface area contributed by atoms with E-state index in [9.17, 15) is 4.79 Å². The summed E-state index contributed by atoms with van der Waals surface area (Å²) in [6.07, 6.45) is 0. The average Bonchev–Trinajstić information content (AvgIpc) is 2.18. The molecule has 4 nitrogen and oxygen atoms in total. The van der Waals surface area contributed by atoms with Crippen LogP contribution in [-0.2, 0) is 0 Å². The summed E-state index contributed by atoms with van der Waals surface area (Å²) in [6, 6.07) is 8.91. The van der Waals surface area contributed by atoms with Crippen molar-refractivity contribution in [3.63, 3.8) is 0 Å². The van der Waals surface area contributed by atoms with E-state index in [0.29, 0.717) is 0 Å². The van der Waals surface area contributed by atoms with Crippen molar-refractivity contribution in [2.75, 3.05) is 11.9 Å². The van der Waals surface area contributed by atoms with Gasteiger partial charge in [-0.3, -0.25) is 0 Å². The third kappa shape index (κ3) is 2.79. The fraction of sp³-hybridized carbons (Fsp3) is 0.200. The lowest BCUT2D eigenvalue weighted by atomic mass is 10.2. The summed E-state index contributed by atoms with van der Waals surface area (Å²) in [5, 5.41) is 13.3. The summed E-state index contributed by atoms with van der Waals surface area (Å²) in [5.74, 6) is 0. The minimum atomic E-state index is -0.360. The van der Waals surface area contributed by atoms with Crippen molar-refractivity contribution >= 4 is 11.7 Å². The molecule has 0 spiro atoms. The first kappa shape index (κ1) is 10.1. The summed E-state index contributed by atoms with van der Waals surface area (Å²) in [7, 11) is 0. The molecule has 4 heteroatoms. The van der Waals surface area contributed by atoms with Crippen molar-refractivity contribution in [2.45, 2.75) is 6.92 Å². The second kappa shape index (κ2) is 4.87. The Morgan fingerprint density at radius 2 is 2.21 bits per heavy atom. The Morgan fingerprint density at radius 1 is 1.50 bits per heavy atom.